The Hall–Kier alpha value is -1.35. The minimum atomic E-state index is 0.00136. The number of nitrogens with one attached hydrogen (secondary N) is 2. The lowest BCUT2D eigenvalue weighted by molar-refractivity contribution is -0.123. The summed E-state index contributed by atoms with van der Waals surface area (Å²) in [5.74, 6) is 0.123. The lowest BCUT2D eigenvalue weighted by atomic mass is 10.0. The Morgan fingerprint density at radius 2 is 2.24 bits per heavy atom. The number of benzene rings is 1. The molecule has 1 aliphatic heterocycles. The summed E-state index contributed by atoms with van der Waals surface area (Å²) >= 11 is 0. The monoisotopic (exact) mass is 232 g/mol. The fourth-order valence-corrected chi connectivity index (χ4v) is 2.37. The van der Waals surface area contributed by atoms with Crippen molar-refractivity contribution < 1.29 is 4.79 Å². The van der Waals surface area contributed by atoms with Gasteiger partial charge in [0.25, 0.3) is 0 Å². The van der Waals surface area contributed by atoms with Gasteiger partial charge in [-0.15, -0.1) is 0 Å². The number of aryl methyl sites for hydroxylation is 1. The van der Waals surface area contributed by atoms with Gasteiger partial charge in [0.05, 0.1) is 12.1 Å². The zero-order valence-electron chi connectivity index (χ0n) is 10.5. The Morgan fingerprint density at radius 3 is 2.88 bits per heavy atom. The molecule has 0 bridgehead atoms. The third-order valence-electron chi connectivity index (χ3n) is 3.39. The molecule has 0 radical (unpaired) electrons. The van der Waals surface area contributed by atoms with E-state index in [1.165, 1.54) is 11.1 Å². The van der Waals surface area contributed by atoms with Crippen LogP contribution >= 0.6 is 0 Å². The molecule has 3 heteroatoms. The van der Waals surface area contributed by atoms with Crippen molar-refractivity contribution in [3.63, 3.8) is 0 Å². The van der Waals surface area contributed by atoms with Crippen LogP contribution in [0.1, 0.15) is 36.9 Å². The first-order valence-corrected chi connectivity index (χ1v) is 6.28. The third-order valence-corrected chi connectivity index (χ3v) is 3.39. The topological polar surface area (TPSA) is 41.1 Å². The molecule has 0 saturated carbocycles. The fourth-order valence-electron chi connectivity index (χ4n) is 2.37. The Morgan fingerprint density at radius 1 is 1.47 bits per heavy atom. The zero-order valence-corrected chi connectivity index (χ0v) is 10.5. The standard InChI is InChI=1S/C14H20N2O/c1-10-6-3-4-7-12(10)11(2)16-14(17)13-8-5-9-15-13/h3-4,6-7,11,13,15H,5,8-9H2,1-2H3,(H,16,17)/t11-,13+/m1/s1. The van der Waals surface area contributed by atoms with Gasteiger partial charge in [-0.1, -0.05) is 24.3 Å². The predicted octanol–water partition coefficient (Wildman–Crippen LogP) is 1.92. The molecule has 2 N–H and O–H groups in total. The second kappa shape index (κ2) is 5.32. The van der Waals surface area contributed by atoms with Gasteiger partial charge in [0, 0.05) is 0 Å². The van der Waals surface area contributed by atoms with Gasteiger partial charge >= 0.3 is 0 Å². The van der Waals surface area contributed by atoms with E-state index in [0.717, 1.165) is 19.4 Å². The molecule has 0 spiro atoms. The highest BCUT2D eigenvalue weighted by Crippen LogP contribution is 2.17. The van der Waals surface area contributed by atoms with Gasteiger partial charge < -0.3 is 10.6 Å². The van der Waals surface area contributed by atoms with Gasteiger partial charge in [-0.05, 0) is 44.4 Å². The summed E-state index contributed by atoms with van der Waals surface area (Å²) in [4.78, 5) is 12.0. The molecule has 1 saturated heterocycles. The van der Waals surface area contributed by atoms with Gasteiger partial charge in [-0.25, -0.2) is 0 Å². The second-order valence-electron chi connectivity index (χ2n) is 4.74. The summed E-state index contributed by atoms with van der Waals surface area (Å²) in [5, 5.41) is 6.29. The molecule has 1 aromatic carbocycles. The summed E-state index contributed by atoms with van der Waals surface area (Å²) < 4.78 is 0. The van der Waals surface area contributed by atoms with E-state index in [2.05, 4.69) is 29.7 Å². The van der Waals surface area contributed by atoms with Gasteiger partial charge in [-0.2, -0.15) is 0 Å². The highest BCUT2D eigenvalue weighted by molar-refractivity contribution is 5.82. The van der Waals surface area contributed by atoms with Crippen molar-refractivity contribution >= 4 is 5.91 Å². The molecule has 92 valence electrons. The van der Waals surface area contributed by atoms with Crippen LogP contribution in [0.25, 0.3) is 0 Å². The highest BCUT2D eigenvalue weighted by atomic mass is 16.2. The van der Waals surface area contributed by atoms with Crippen molar-refractivity contribution in [2.24, 2.45) is 0 Å². The average Bonchev–Trinajstić information content (AvgIpc) is 2.82. The van der Waals surface area contributed by atoms with Crippen LogP contribution in [-0.4, -0.2) is 18.5 Å². The molecule has 0 unspecified atom stereocenters. The molecular formula is C14H20N2O. The van der Waals surface area contributed by atoms with Crippen LogP contribution in [0.3, 0.4) is 0 Å². The van der Waals surface area contributed by atoms with E-state index < -0.39 is 0 Å². The highest BCUT2D eigenvalue weighted by Gasteiger charge is 2.23. The van der Waals surface area contributed by atoms with E-state index in [1.54, 1.807) is 0 Å². The maximum absolute atomic E-state index is 12.0. The minimum absolute atomic E-state index is 0.00136. The van der Waals surface area contributed by atoms with Crippen molar-refractivity contribution in [3.05, 3.63) is 35.4 Å². The summed E-state index contributed by atoms with van der Waals surface area (Å²) in [7, 11) is 0. The number of hydrogen-bond acceptors (Lipinski definition) is 2. The fraction of sp³-hybridized carbons (Fsp3) is 0.500. The van der Waals surface area contributed by atoms with Gasteiger partial charge in [-0.3, -0.25) is 4.79 Å². The first-order valence-electron chi connectivity index (χ1n) is 6.28. The first kappa shape index (κ1) is 12.1. The van der Waals surface area contributed by atoms with Crippen molar-refractivity contribution in [1.29, 1.82) is 0 Å². The Kier molecular flexibility index (Phi) is 3.79. The van der Waals surface area contributed by atoms with Crippen LogP contribution in [0.5, 0.6) is 0 Å². The van der Waals surface area contributed by atoms with Gasteiger partial charge in [0.15, 0.2) is 0 Å². The van der Waals surface area contributed by atoms with Crippen LogP contribution in [-0.2, 0) is 4.79 Å². The van der Waals surface area contributed by atoms with Crippen molar-refractivity contribution in [2.75, 3.05) is 6.54 Å². The van der Waals surface area contributed by atoms with E-state index in [9.17, 15) is 4.79 Å². The van der Waals surface area contributed by atoms with Crippen LogP contribution in [0.15, 0.2) is 24.3 Å². The Balaban J connectivity index is 1.99. The van der Waals surface area contributed by atoms with E-state index >= 15 is 0 Å². The molecule has 1 amide bonds. The number of hydrogen-bond donors (Lipinski definition) is 2. The van der Waals surface area contributed by atoms with E-state index in [0.29, 0.717) is 0 Å². The van der Waals surface area contributed by atoms with Crippen LogP contribution < -0.4 is 10.6 Å². The van der Waals surface area contributed by atoms with Crippen molar-refractivity contribution in [1.82, 2.24) is 10.6 Å². The van der Waals surface area contributed by atoms with Crippen LogP contribution in [0, 0.1) is 6.92 Å². The first-order chi connectivity index (χ1) is 8.18. The van der Waals surface area contributed by atoms with Crippen LogP contribution in [0.2, 0.25) is 0 Å². The third kappa shape index (κ3) is 2.86. The van der Waals surface area contributed by atoms with E-state index in [4.69, 9.17) is 0 Å². The molecule has 1 aromatic rings. The number of amides is 1. The Bertz CT molecular complexity index is 397. The Labute approximate surface area is 103 Å². The molecule has 0 aliphatic carbocycles. The van der Waals surface area contributed by atoms with Gasteiger partial charge in [0.2, 0.25) is 5.91 Å². The van der Waals surface area contributed by atoms with Crippen LogP contribution in [0.4, 0.5) is 0 Å². The van der Waals surface area contributed by atoms with Crippen molar-refractivity contribution in [2.45, 2.75) is 38.8 Å². The smallest absolute Gasteiger partial charge is 0.237 e. The maximum atomic E-state index is 12.0. The normalized spacial score (nSPS) is 21.2. The minimum Gasteiger partial charge on any atom is -0.348 e. The SMILES string of the molecule is Cc1ccccc1[C@@H](C)NC(=O)[C@@H]1CCCN1. The molecule has 1 aliphatic rings. The molecular weight excluding hydrogens is 212 g/mol. The summed E-state index contributed by atoms with van der Waals surface area (Å²) in [5.41, 5.74) is 2.42. The number of carbonyl (C=O) groups excluding carboxylic acids is 1. The summed E-state index contributed by atoms with van der Waals surface area (Å²) in [6.07, 6.45) is 2.04. The maximum Gasteiger partial charge on any atom is 0.237 e. The molecule has 1 fully saturated rings. The zero-order chi connectivity index (χ0) is 12.3. The van der Waals surface area contributed by atoms with E-state index in [1.807, 2.05) is 19.1 Å². The summed E-state index contributed by atoms with van der Waals surface area (Å²) in [6, 6.07) is 8.26. The number of carbonyl (C=O) groups is 1. The average molecular weight is 232 g/mol. The second-order valence-corrected chi connectivity index (χ2v) is 4.74. The van der Waals surface area contributed by atoms with E-state index in [-0.39, 0.29) is 18.0 Å². The lowest BCUT2D eigenvalue weighted by Crippen LogP contribution is -2.41. The molecule has 17 heavy (non-hydrogen) atoms. The molecule has 3 nitrogen and oxygen atoms in total. The molecule has 2 atom stereocenters. The van der Waals surface area contributed by atoms with Gasteiger partial charge in [0.1, 0.15) is 0 Å². The molecule has 0 aromatic heterocycles. The lowest BCUT2D eigenvalue weighted by Gasteiger charge is -2.19. The predicted molar refractivity (Wildman–Crippen MR) is 68.8 cm³/mol. The number of rotatable bonds is 3. The quantitative estimate of drug-likeness (QED) is 0.836. The molecule has 1 heterocycles. The molecule has 2 rings (SSSR count). The largest absolute Gasteiger partial charge is 0.348 e. The van der Waals surface area contributed by atoms with Crippen molar-refractivity contribution in [3.8, 4) is 0 Å². The summed E-state index contributed by atoms with van der Waals surface area (Å²) in [6.45, 7) is 5.07.